The van der Waals surface area contributed by atoms with Gasteiger partial charge in [-0.1, -0.05) is 93.2 Å². The molecule has 0 saturated heterocycles. The van der Waals surface area contributed by atoms with Gasteiger partial charge in [0.05, 0.1) is 22.4 Å². The summed E-state index contributed by atoms with van der Waals surface area (Å²) in [5.41, 5.74) is 17.2. The zero-order valence-corrected chi connectivity index (χ0v) is 45.8. The third-order valence-electron chi connectivity index (χ3n) is 13.1. The predicted octanol–water partition coefficient (Wildman–Crippen LogP) is 16.8. The van der Waals surface area contributed by atoms with E-state index >= 15 is 0 Å². The number of para-hydroxylation sites is 3. The number of imidazole rings is 1. The number of aromatic nitrogens is 3. The van der Waals surface area contributed by atoms with E-state index < -0.39 is 13.3 Å². The van der Waals surface area contributed by atoms with Gasteiger partial charge in [-0.2, -0.15) is 0 Å². The molecule has 0 aliphatic heterocycles. The van der Waals surface area contributed by atoms with Crippen LogP contribution in [0.4, 0.5) is 0 Å². The van der Waals surface area contributed by atoms with Crippen LogP contribution in [-0.4, -0.2) is 27.8 Å². The fourth-order valence-corrected chi connectivity index (χ4v) is 13.2. The summed E-state index contributed by atoms with van der Waals surface area (Å²) in [6.07, 6.45) is 3.21. The second-order valence-corrected chi connectivity index (χ2v) is 31.0. The number of rotatable bonds is 9. The average Bonchev–Trinajstić information content (AvgIpc) is 4.02. The molecule has 0 N–H and O–H groups in total. The van der Waals surface area contributed by atoms with Crippen LogP contribution in [0.25, 0.3) is 94.4 Å². The Morgan fingerprint density at radius 2 is 1.22 bits per heavy atom. The van der Waals surface area contributed by atoms with Gasteiger partial charge in [0.1, 0.15) is 5.58 Å². The number of furan rings is 2. The molecular formula is C62H59GeIrN3O2-2. The number of aryl methyl sites for hydroxylation is 1. The van der Waals surface area contributed by atoms with Crippen molar-refractivity contribution in [1.29, 1.82) is 0 Å². The van der Waals surface area contributed by atoms with Crippen LogP contribution in [0.5, 0.6) is 0 Å². The summed E-state index contributed by atoms with van der Waals surface area (Å²) in [5, 5.41) is 4.47. The van der Waals surface area contributed by atoms with E-state index in [0.29, 0.717) is 17.8 Å². The number of fused-ring (bicyclic) bond motifs is 7. The van der Waals surface area contributed by atoms with Gasteiger partial charge in [-0.15, -0.1) is 18.2 Å². The van der Waals surface area contributed by atoms with Crippen molar-refractivity contribution in [1.82, 2.24) is 14.5 Å². The first-order chi connectivity index (χ1) is 32.7. The summed E-state index contributed by atoms with van der Waals surface area (Å²) in [6, 6.07) is 55.8. The number of benzene rings is 7. The zero-order valence-electron chi connectivity index (χ0n) is 41.3. The normalized spacial score (nSPS) is 12.0. The smallest absolute Gasteiger partial charge is 0.121 e. The Hall–Kier alpha value is -6.05. The van der Waals surface area contributed by atoms with Crippen LogP contribution in [0.15, 0.2) is 155 Å². The van der Waals surface area contributed by atoms with E-state index in [2.05, 4.69) is 204 Å². The molecular weight excluding hydrogens is 1080 g/mol. The molecule has 0 saturated carbocycles. The minimum Gasteiger partial charge on any atom is -0.501 e. The molecule has 11 aromatic rings. The first-order valence-corrected chi connectivity index (χ1v) is 31.5. The van der Waals surface area contributed by atoms with Gasteiger partial charge in [0.2, 0.25) is 0 Å². The van der Waals surface area contributed by atoms with Crippen LogP contribution >= 0.6 is 0 Å². The van der Waals surface area contributed by atoms with Crippen molar-refractivity contribution < 1.29 is 28.9 Å². The molecule has 0 spiro atoms. The maximum Gasteiger partial charge on any atom is 0.121 e. The number of pyridine rings is 1. The molecule has 7 heteroatoms. The van der Waals surface area contributed by atoms with Crippen LogP contribution in [0.3, 0.4) is 0 Å². The maximum absolute atomic E-state index is 6.55. The quantitative estimate of drug-likeness (QED) is 0.107. The molecule has 0 aliphatic carbocycles. The molecule has 4 aromatic heterocycles. The topological polar surface area (TPSA) is 57.0 Å². The summed E-state index contributed by atoms with van der Waals surface area (Å²) in [7, 11) is 0. The molecule has 0 fully saturated rings. The van der Waals surface area contributed by atoms with Crippen LogP contribution < -0.4 is 4.40 Å². The molecule has 349 valence electrons. The second-order valence-electron chi connectivity index (χ2n) is 20.4. The molecule has 0 atom stereocenters. The summed E-state index contributed by atoms with van der Waals surface area (Å²) in [4.78, 5) is 10.1. The first-order valence-electron chi connectivity index (χ1n) is 24.1. The molecule has 4 heterocycles. The van der Waals surface area contributed by atoms with Gasteiger partial charge in [-0.3, -0.25) is 4.98 Å². The number of hydrogen-bond acceptors (Lipinski definition) is 4. The summed E-state index contributed by atoms with van der Waals surface area (Å²) >= 11 is -1.98. The Balaban J connectivity index is 0.000000184. The van der Waals surface area contributed by atoms with E-state index in [4.69, 9.17) is 18.8 Å². The van der Waals surface area contributed by atoms with Crippen molar-refractivity contribution >= 4 is 72.6 Å². The molecule has 1 radical (unpaired) electrons. The van der Waals surface area contributed by atoms with Gasteiger partial charge < -0.3 is 8.98 Å². The molecule has 0 unspecified atom stereocenters. The standard InChI is InChI=1S/C38H33N2O.C24H26GeNO.Ir/c1-23(2)31-21-27(26-12-7-6-8-13-26)22-32(24(3)4)36(31)40-34-17-10-9-16-33(34)39-38(40)30-15-11-14-29-28-19-18-25(5)20-35(28)41-37(29)30;1-16(2)13-17-14-22(26-15-21(17)25(3,4)5)20-11-8-10-19-18-9-6-7-12-23(18)27-24(19)20;/h6-14,16-24H,1-5H3;6-10,12,14-16H,13H2,1-5H3;/q2*-1;. The Kier molecular flexibility index (Phi) is 13.5. The van der Waals surface area contributed by atoms with E-state index in [1.54, 1.807) is 0 Å². The Labute approximate surface area is 422 Å². The third kappa shape index (κ3) is 9.16. The van der Waals surface area contributed by atoms with Crippen molar-refractivity contribution in [3.8, 4) is 39.5 Å². The van der Waals surface area contributed by atoms with Crippen LogP contribution in [-0.2, 0) is 26.5 Å². The Morgan fingerprint density at radius 1 is 0.609 bits per heavy atom. The molecule has 11 rings (SSSR count). The van der Waals surface area contributed by atoms with Gasteiger partial charge in [0, 0.05) is 31.2 Å². The maximum atomic E-state index is 6.55. The van der Waals surface area contributed by atoms with Gasteiger partial charge in [0.15, 0.2) is 0 Å². The van der Waals surface area contributed by atoms with Gasteiger partial charge in [0.25, 0.3) is 0 Å². The van der Waals surface area contributed by atoms with E-state index in [9.17, 15) is 0 Å². The monoisotopic (exact) mass is 1140 g/mol. The van der Waals surface area contributed by atoms with E-state index in [1.807, 2.05) is 24.3 Å². The molecule has 0 bridgehead atoms. The van der Waals surface area contributed by atoms with Crippen LogP contribution in [0.1, 0.15) is 75.6 Å². The minimum absolute atomic E-state index is 0. The minimum atomic E-state index is -1.98. The SMILES string of the molecule is CC(C)Cc1cc(-c2[c-]ccc3c2oc2ccccc23)nc[c]1[Ge]([CH3])([CH3])[CH3].Cc1ccc2c(c1)oc1c(-c3nc4ccccc4n3-c3c(C(C)C)cc(-c4ccccc4)cc3C(C)C)[c-]ccc12.[Ir]. The van der Waals surface area contributed by atoms with Gasteiger partial charge >= 0.3 is 164 Å². The molecule has 0 aliphatic rings. The summed E-state index contributed by atoms with van der Waals surface area (Å²) in [5.74, 6) is 9.38. The van der Waals surface area contributed by atoms with Crippen molar-refractivity contribution in [3.05, 3.63) is 180 Å². The van der Waals surface area contributed by atoms with E-state index in [1.165, 1.54) is 43.5 Å². The largest absolute Gasteiger partial charge is 0.501 e. The van der Waals surface area contributed by atoms with Gasteiger partial charge in [-0.25, -0.2) is 0 Å². The zero-order chi connectivity index (χ0) is 47.4. The molecule has 7 aromatic carbocycles. The third-order valence-corrected chi connectivity index (χ3v) is 17.5. The Bertz CT molecular complexity index is 3620. The number of nitrogens with zero attached hydrogens (tertiary/aromatic N) is 3. The van der Waals surface area contributed by atoms with Crippen molar-refractivity contribution in [2.24, 2.45) is 5.92 Å². The van der Waals surface area contributed by atoms with Crippen molar-refractivity contribution in [3.63, 3.8) is 0 Å². The van der Waals surface area contributed by atoms with Crippen LogP contribution in [0.2, 0.25) is 17.3 Å². The average molecular weight is 1140 g/mol. The predicted molar refractivity (Wildman–Crippen MR) is 288 cm³/mol. The molecule has 0 amide bonds. The van der Waals surface area contributed by atoms with Crippen LogP contribution in [0, 0.1) is 25.0 Å². The molecule has 69 heavy (non-hydrogen) atoms. The summed E-state index contributed by atoms with van der Waals surface area (Å²) < 4.78 is 16.6. The Morgan fingerprint density at radius 3 is 1.90 bits per heavy atom. The first kappa shape index (κ1) is 48.0. The van der Waals surface area contributed by atoms with Gasteiger partial charge in [-0.05, 0) is 76.9 Å². The number of hydrogen-bond donors (Lipinski definition) is 0. The second kappa shape index (κ2) is 19.4. The fourth-order valence-electron chi connectivity index (χ4n) is 9.85. The van der Waals surface area contributed by atoms with E-state index in [-0.39, 0.29) is 20.1 Å². The van der Waals surface area contributed by atoms with Crippen molar-refractivity contribution in [2.75, 3.05) is 0 Å². The van der Waals surface area contributed by atoms with Crippen molar-refractivity contribution in [2.45, 2.75) is 84.0 Å². The van der Waals surface area contributed by atoms with E-state index in [0.717, 1.165) is 84.0 Å². The fraction of sp³-hybridized carbons (Fsp3) is 0.226. The summed E-state index contributed by atoms with van der Waals surface area (Å²) in [6.45, 7) is 15.8. The molecule has 5 nitrogen and oxygen atoms in total.